The monoisotopic (exact) mass is 312 g/mol. The van der Waals surface area contributed by atoms with Crippen molar-refractivity contribution in [1.82, 2.24) is 5.32 Å². The van der Waals surface area contributed by atoms with Crippen LogP contribution in [0.2, 0.25) is 0 Å². The summed E-state index contributed by atoms with van der Waals surface area (Å²) < 4.78 is 0. The molecule has 0 radical (unpaired) electrons. The van der Waals surface area contributed by atoms with Gasteiger partial charge < -0.3 is 21.3 Å². The summed E-state index contributed by atoms with van der Waals surface area (Å²) in [7, 11) is 0. The molecule has 128 valence electrons. The fourth-order valence-corrected chi connectivity index (χ4v) is 2.93. The molecule has 1 unspecified atom stereocenters. The molecular weight excluding hydrogens is 280 g/mol. The van der Waals surface area contributed by atoms with Crippen molar-refractivity contribution in [3.63, 3.8) is 0 Å². The number of hydrogen-bond donors (Lipinski definition) is 4. The van der Waals surface area contributed by atoms with E-state index < -0.39 is 24.2 Å². The Hall–Kier alpha value is -0.910. The highest BCUT2D eigenvalue weighted by Gasteiger charge is 2.30. The Labute approximate surface area is 134 Å². The van der Waals surface area contributed by atoms with E-state index in [0.29, 0.717) is 24.8 Å². The number of hydrogen-bond acceptors (Lipinski definition) is 4. The minimum absolute atomic E-state index is 0.0211. The summed E-state index contributed by atoms with van der Waals surface area (Å²) in [6, 6.07) is -0.534. The lowest BCUT2D eigenvalue weighted by molar-refractivity contribution is -0.119. The third kappa shape index (κ3) is 6.07. The number of nitrogens with two attached hydrogens (primary N) is 1. The minimum Gasteiger partial charge on any atom is -0.388 e. The van der Waals surface area contributed by atoms with Crippen molar-refractivity contribution in [3.8, 4) is 0 Å². The standard InChI is InChI=1S/C17H32N2O3/c1-11(2)10-19-17(22)12(3)15(20)16(21)14(18)9-13-7-5-4-6-8-13/h11,13-16,20-21H,3-10,18H2,1-2H3,(H,19,22)/t14-,15?,16-/m0/s1. The number of amides is 1. The molecule has 1 aliphatic carbocycles. The second-order valence-electron chi connectivity index (χ2n) is 6.97. The van der Waals surface area contributed by atoms with Crippen LogP contribution in [0.5, 0.6) is 0 Å². The summed E-state index contributed by atoms with van der Waals surface area (Å²) in [6.07, 6.45) is 4.16. The number of aliphatic hydroxyl groups is 2. The molecule has 0 spiro atoms. The Balaban J connectivity index is 2.45. The molecule has 0 saturated heterocycles. The van der Waals surface area contributed by atoms with Gasteiger partial charge >= 0.3 is 0 Å². The van der Waals surface area contributed by atoms with E-state index in [-0.39, 0.29) is 5.57 Å². The summed E-state index contributed by atoms with van der Waals surface area (Å²) in [4.78, 5) is 11.9. The van der Waals surface area contributed by atoms with Gasteiger partial charge in [0.25, 0.3) is 0 Å². The lowest BCUT2D eigenvalue weighted by Crippen LogP contribution is -2.47. The van der Waals surface area contributed by atoms with Gasteiger partial charge in [-0.2, -0.15) is 0 Å². The predicted octanol–water partition coefficient (Wildman–Crippen LogP) is 1.33. The number of carbonyl (C=O) groups excluding carboxylic acids is 1. The van der Waals surface area contributed by atoms with E-state index in [1.807, 2.05) is 13.8 Å². The van der Waals surface area contributed by atoms with Crippen molar-refractivity contribution in [3.05, 3.63) is 12.2 Å². The molecule has 1 fully saturated rings. The Morgan fingerprint density at radius 3 is 2.41 bits per heavy atom. The van der Waals surface area contributed by atoms with Gasteiger partial charge in [0, 0.05) is 18.2 Å². The summed E-state index contributed by atoms with van der Waals surface area (Å²) in [5, 5.41) is 23.0. The molecule has 22 heavy (non-hydrogen) atoms. The molecule has 3 atom stereocenters. The molecule has 1 saturated carbocycles. The third-order valence-corrected chi connectivity index (χ3v) is 4.41. The number of aliphatic hydroxyl groups excluding tert-OH is 2. The molecule has 0 heterocycles. The lowest BCUT2D eigenvalue weighted by atomic mass is 9.83. The zero-order valence-electron chi connectivity index (χ0n) is 13.9. The second kappa shape index (κ2) is 9.28. The molecule has 0 aromatic heterocycles. The van der Waals surface area contributed by atoms with Crippen molar-refractivity contribution in [2.75, 3.05) is 6.54 Å². The number of rotatable bonds is 8. The predicted molar refractivity (Wildman–Crippen MR) is 88.2 cm³/mol. The average molecular weight is 312 g/mol. The van der Waals surface area contributed by atoms with Crippen molar-refractivity contribution in [2.24, 2.45) is 17.6 Å². The van der Waals surface area contributed by atoms with Gasteiger partial charge in [-0.25, -0.2) is 0 Å². The van der Waals surface area contributed by atoms with Gasteiger partial charge in [0.05, 0.1) is 6.10 Å². The zero-order chi connectivity index (χ0) is 16.7. The van der Waals surface area contributed by atoms with Gasteiger partial charge in [-0.15, -0.1) is 0 Å². The second-order valence-corrected chi connectivity index (χ2v) is 6.97. The molecule has 1 rings (SSSR count). The highest BCUT2D eigenvalue weighted by Crippen LogP contribution is 2.28. The first-order chi connectivity index (χ1) is 10.3. The van der Waals surface area contributed by atoms with Crippen LogP contribution in [0.15, 0.2) is 12.2 Å². The van der Waals surface area contributed by atoms with Crippen LogP contribution in [-0.2, 0) is 4.79 Å². The average Bonchev–Trinajstić information content (AvgIpc) is 2.51. The largest absolute Gasteiger partial charge is 0.388 e. The lowest BCUT2D eigenvalue weighted by Gasteiger charge is -2.29. The van der Waals surface area contributed by atoms with E-state index in [2.05, 4.69) is 11.9 Å². The summed E-state index contributed by atoms with van der Waals surface area (Å²) >= 11 is 0. The Morgan fingerprint density at radius 1 is 1.27 bits per heavy atom. The first kappa shape index (κ1) is 19.1. The SMILES string of the molecule is C=C(C(=O)NCC(C)C)C(O)[C@@H](O)[C@@H](N)CC1CCCCC1. The molecule has 0 bridgehead atoms. The van der Waals surface area contributed by atoms with E-state index in [1.165, 1.54) is 19.3 Å². The Bertz CT molecular complexity index is 365. The van der Waals surface area contributed by atoms with E-state index in [0.717, 1.165) is 12.8 Å². The Morgan fingerprint density at radius 2 is 1.86 bits per heavy atom. The quantitative estimate of drug-likeness (QED) is 0.509. The summed E-state index contributed by atoms with van der Waals surface area (Å²) in [6.45, 7) is 8.08. The van der Waals surface area contributed by atoms with Gasteiger partial charge in [-0.3, -0.25) is 4.79 Å². The van der Waals surface area contributed by atoms with Crippen LogP contribution in [-0.4, -0.2) is 40.9 Å². The van der Waals surface area contributed by atoms with Gasteiger partial charge in [0.15, 0.2) is 0 Å². The minimum atomic E-state index is -1.31. The topological polar surface area (TPSA) is 95.6 Å². The van der Waals surface area contributed by atoms with Gasteiger partial charge in [0.2, 0.25) is 5.91 Å². The van der Waals surface area contributed by atoms with Crippen molar-refractivity contribution >= 4 is 5.91 Å². The summed E-state index contributed by atoms with van der Waals surface area (Å²) in [5.41, 5.74) is 6.01. The molecular formula is C17H32N2O3. The molecule has 5 heteroatoms. The first-order valence-corrected chi connectivity index (χ1v) is 8.41. The number of nitrogens with one attached hydrogen (secondary N) is 1. The molecule has 0 aliphatic heterocycles. The van der Waals surface area contributed by atoms with Crippen LogP contribution in [0, 0.1) is 11.8 Å². The fourth-order valence-electron chi connectivity index (χ4n) is 2.93. The van der Waals surface area contributed by atoms with E-state index in [4.69, 9.17) is 5.73 Å². The first-order valence-electron chi connectivity index (χ1n) is 8.41. The van der Waals surface area contributed by atoms with Crippen molar-refractivity contribution < 1.29 is 15.0 Å². The third-order valence-electron chi connectivity index (χ3n) is 4.41. The zero-order valence-corrected chi connectivity index (χ0v) is 13.9. The smallest absolute Gasteiger partial charge is 0.249 e. The highest BCUT2D eigenvalue weighted by molar-refractivity contribution is 5.93. The molecule has 1 amide bonds. The van der Waals surface area contributed by atoms with Crippen LogP contribution in [0.25, 0.3) is 0 Å². The van der Waals surface area contributed by atoms with Crippen molar-refractivity contribution in [1.29, 1.82) is 0 Å². The van der Waals surface area contributed by atoms with Crippen molar-refractivity contribution in [2.45, 2.75) is 70.6 Å². The normalized spacial score (nSPS) is 20.5. The van der Waals surface area contributed by atoms with E-state index >= 15 is 0 Å². The molecule has 1 aliphatic rings. The molecule has 5 N–H and O–H groups in total. The van der Waals surface area contributed by atoms with Gasteiger partial charge in [-0.1, -0.05) is 52.5 Å². The van der Waals surface area contributed by atoms with Crippen LogP contribution >= 0.6 is 0 Å². The molecule has 0 aromatic rings. The number of carbonyl (C=O) groups is 1. The maximum absolute atomic E-state index is 11.9. The van der Waals surface area contributed by atoms with Crippen LogP contribution in [0.1, 0.15) is 52.4 Å². The van der Waals surface area contributed by atoms with E-state index in [9.17, 15) is 15.0 Å². The fraction of sp³-hybridized carbons (Fsp3) is 0.824. The van der Waals surface area contributed by atoms with Gasteiger partial charge in [-0.05, 0) is 18.3 Å². The Kier molecular flexibility index (Phi) is 8.07. The van der Waals surface area contributed by atoms with E-state index in [1.54, 1.807) is 0 Å². The molecule has 5 nitrogen and oxygen atoms in total. The van der Waals surface area contributed by atoms with Crippen LogP contribution in [0.4, 0.5) is 0 Å². The highest BCUT2D eigenvalue weighted by atomic mass is 16.3. The molecule has 0 aromatic carbocycles. The summed E-state index contributed by atoms with van der Waals surface area (Å²) in [5.74, 6) is 0.395. The maximum atomic E-state index is 11.9. The van der Waals surface area contributed by atoms with Crippen LogP contribution < -0.4 is 11.1 Å². The van der Waals surface area contributed by atoms with Crippen LogP contribution in [0.3, 0.4) is 0 Å². The van der Waals surface area contributed by atoms with Gasteiger partial charge in [0.1, 0.15) is 6.10 Å². The maximum Gasteiger partial charge on any atom is 0.249 e.